The fourth-order valence-corrected chi connectivity index (χ4v) is 1.87. The highest BCUT2D eigenvalue weighted by atomic mass is 19.1. The number of nitrogens with one attached hydrogen (secondary N) is 2. The van der Waals surface area contributed by atoms with Gasteiger partial charge in [-0.2, -0.15) is 0 Å². The van der Waals surface area contributed by atoms with Gasteiger partial charge in [0.25, 0.3) is 11.8 Å². The summed E-state index contributed by atoms with van der Waals surface area (Å²) >= 11 is 0. The maximum atomic E-state index is 13.4. The van der Waals surface area contributed by atoms with Gasteiger partial charge in [-0.25, -0.2) is 4.39 Å². The van der Waals surface area contributed by atoms with Gasteiger partial charge in [0, 0.05) is 5.56 Å². The van der Waals surface area contributed by atoms with Crippen molar-refractivity contribution in [3.05, 3.63) is 70.5 Å². The lowest BCUT2D eigenvalue weighted by Crippen LogP contribution is -2.42. The van der Waals surface area contributed by atoms with Gasteiger partial charge < -0.3 is 0 Å². The molecule has 5 heteroatoms. The van der Waals surface area contributed by atoms with Crippen LogP contribution in [0.5, 0.6) is 0 Å². The quantitative estimate of drug-likeness (QED) is 0.833. The lowest BCUT2D eigenvalue weighted by atomic mass is 10.1. The average molecular weight is 286 g/mol. The first-order valence-corrected chi connectivity index (χ1v) is 6.41. The zero-order valence-corrected chi connectivity index (χ0v) is 11.7. The Morgan fingerprint density at radius 2 is 1.52 bits per heavy atom. The lowest BCUT2D eigenvalue weighted by Gasteiger charge is -2.10. The predicted octanol–water partition coefficient (Wildman–Crippen LogP) is 2.52. The summed E-state index contributed by atoms with van der Waals surface area (Å²) in [4.78, 5) is 23.8. The number of amides is 2. The van der Waals surface area contributed by atoms with Crippen molar-refractivity contribution in [1.29, 1.82) is 0 Å². The first kappa shape index (κ1) is 14.7. The number of carbonyl (C=O) groups is 2. The van der Waals surface area contributed by atoms with Gasteiger partial charge in [-0.3, -0.25) is 20.4 Å². The molecule has 4 nitrogen and oxygen atoms in total. The van der Waals surface area contributed by atoms with Crippen LogP contribution in [0.4, 0.5) is 4.39 Å². The molecule has 2 rings (SSSR count). The van der Waals surface area contributed by atoms with Crippen LogP contribution < -0.4 is 10.9 Å². The summed E-state index contributed by atoms with van der Waals surface area (Å²) in [6.07, 6.45) is 0. The maximum Gasteiger partial charge on any atom is 0.272 e. The van der Waals surface area contributed by atoms with Gasteiger partial charge in [0.1, 0.15) is 5.82 Å². The summed E-state index contributed by atoms with van der Waals surface area (Å²) in [7, 11) is 0. The molecule has 2 amide bonds. The number of carbonyl (C=O) groups excluding carboxylic acids is 2. The fourth-order valence-electron chi connectivity index (χ4n) is 1.87. The van der Waals surface area contributed by atoms with Gasteiger partial charge in [0.05, 0.1) is 5.56 Å². The summed E-state index contributed by atoms with van der Waals surface area (Å²) in [6.45, 7) is 3.67. The van der Waals surface area contributed by atoms with E-state index >= 15 is 0 Å². The number of hydrogen-bond acceptors (Lipinski definition) is 2. The molecule has 21 heavy (non-hydrogen) atoms. The smallest absolute Gasteiger partial charge is 0.267 e. The predicted molar refractivity (Wildman–Crippen MR) is 77.2 cm³/mol. The highest BCUT2D eigenvalue weighted by Crippen LogP contribution is 2.10. The van der Waals surface area contributed by atoms with Crippen LogP contribution >= 0.6 is 0 Å². The van der Waals surface area contributed by atoms with E-state index in [0.717, 1.165) is 11.1 Å². The topological polar surface area (TPSA) is 58.2 Å². The van der Waals surface area contributed by atoms with E-state index in [1.807, 2.05) is 19.1 Å². The Balaban J connectivity index is 2.06. The molecule has 0 aliphatic heterocycles. The highest BCUT2D eigenvalue weighted by molar-refractivity contribution is 5.99. The third-order valence-corrected chi connectivity index (χ3v) is 3.05. The fraction of sp³-hybridized carbons (Fsp3) is 0.125. The number of benzene rings is 2. The SMILES string of the molecule is Cc1ccc(C)c(C(=O)NNC(=O)c2ccccc2F)c1. The molecule has 0 aliphatic carbocycles. The molecule has 0 fully saturated rings. The van der Waals surface area contributed by atoms with Gasteiger partial charge in [-0.05, 0) is 37.6 Å². The van der Waals surface area contributed by atoms with Gasteiger partial charge >= 0.3 is 0 Å². The van der Waals surface area contributed by atoms with Crippen molar-refractivity contribution in [3.63, 3.8) is 0 Å². The van der Waals surface area contributed by atoms with Gasteiger partial charge in [-0.15, -0.1) is 0 Å². The minimum atomic E-state index is -0.702. The molecular formula is C16H15FN2O2. The Labute approximate surface area is 122 Å². The normalized spacial score (nSPS) is 10.0. The minimum absolute atomic E-state index is 0.126. The summed E-state index contributed by atoms with van der Waals surface area (Å²) in [6, 6.07) is 11.0. The lowest BCUT2D eigenvalue weighted by molar-refractivity contribution is 0.0844. The Kier molecular flexibility index (Phi) is 4.33. The monoisotopic (exact) mass is 286 g/mol. The molecule has 0 radical (unpaired) electrons. The zero-order chi connectivity index (χ0) is 15.4. The standard InChI is InChI=1S/C16H15FN2O2/c1-10-7-8-11(2)13(9-10)16(21)19-18-15(20)12-5-3-4-6-14(12)17/h3-9H,1-2H3,(H,18,20)(H,19,21). The van der Waals surface area contributed by atoms with E-state index in [2.05, 4.69) is 10.9 Å². The molecule has 0 saturated heterocycles. The van der Waals surface area contributed by atoms with Crippen molar-refractivity contribution < 1.29 is 14.0 Å². The first-order chi connectivity index (χ1) is 9.99. The van der Waals surface area contributed by atoms with E-state index in [0.29, 0.717) is 5.56 Å². The average Bonchev–Trinajstić information content (AvgIpc) is 2.47. The molecule has 0 heterocycles. The Bertz CT molecular complexity index is 698. The molecule has 2 aromatic carbocycles. The third kappa shape index (κ3) is 3.45. The second kappa shape index (κ2) is 6.17. The Morgan fingerprint density at radius 1 is 0.905 bits per heavy atom. The van der Waals surface area contributed by atoms with E-state index in [-0.39, 0.29) is 5.56 Å². The van der Waals surface area contributed by atoms with E-state index in [4.69, 9.17) is 0 Å². The maximum absolute atomic E-state index is 13.4. The van der Waals surface area contributed by atoms with Crippen LogP contribution in [0, 0.1) is 19.7 Å². The number of hydrogen-bond donors (Lipinski definition) is 2. The van der Waals surface area contributed by atoms with Crippen LogP contribution in [0.25, 0.3) is 0 Å². The molecule has 2 aromatic rings. The molecule has 0 atom stereocenters. The van der Waals surface area contributed by atoms with Crippen molar-refractivity contribution in [2.45, 2.75) is 13.8 Å². The van der Waals surface area contributed by atoms with Crippen molar-refractivity contribution >= 4 is 11.8 Å². The molecule has 0 aliphatic rings. The largest absolute Gasteiger partial charge is 0.272 e. The van der Waals surface area contributed by atoms with Crippen LogP contribution in [-0.4, -0.2) is 11.8 Å². The summed E-state index contributed by atoms with van der Waals surface area (Å²) in [5.74, 6) is -1.79. The number of aryl methyl sites for hydroxylation is 2. The number of rotatable bonds is 2. The van der Waals surface area contributed by atoms with Crippen LogP contribution in [0.1, 0.15) is 31.8 Å². The van der Waals surface area contributed by atoms with Gasteiger partial charge in [-0.1, -0.05) is 29.8 Å². The minimum Gasteiger partial charge on any atom is -0.267 e. The van der Waals surface area contributed by atoms with Gasteiger partial charge in [0.2, 0.25) is 0 Å². The molecule has 0 saturated carbocycles. The molecule has 0 spiro atoms. The second-order valence-electron chi connectivity index (χ2n) is 4.71. The zero-order valence-electron chi connectivity index (χ0n) is 11.7. The Morgan fingerprint density at radius 3 is 2.19 bits per heavy atom. The van der Waals surface area contributed by atoms with Crippen molar-refractivity contribution in [3.8, 4) is 0 Å². The summed E-state index contributed by atoms with van der Waals surface area (Å²) < 4.78 is 13.4. The molecule has 0 unspecified atom stereocenters. The van der Waals surface area contributed by atoms with E-state index in [1.165, 1.54) is 18.2 Å². The van der Waals surface area contributed by atoms with Crippen molar-refractivity contribution in [2.75, 3.05) is 0 Å². The molecule has 108 valence electrons. The van der Waals surface area contributed by atoms with Crippen LogP contribution in [0.15, 0.2) is 42.5 Å². The highest BCUT2D eigenvalue weighted by Gasteiger charge is 2.13. The van der Waals surface area contributed by atoms with Crippen LogP contribution in [0.3, 0.4) is 0 Å². The summed E-state index contributed by atoms with van der Waals surface area (Å²) in [5, 5.41) is 0. The number of halogens is 1. The molecular weight excluding hydrogens is 271 g/mol. The summed E-state index contributed by atoms with van der Waals surface area (Å²) in [5.41, 5.74) is 6.56. The van der Waals surface area contributed by atoms with Crippen molar-refractivity contribution in [1.82, 2.24) is 10.9 Å². The third-order valence-electron chi connectivity index (χ3n) is 3.05. The van der Waals surface area contributed by atoms with Gasteiger partial charge in [0.15, 0.2) is 0 Å². The number of hydrazine groups is 1. The molecule has 0 bridgehead atoms. The molecule has 2 N–H and O–H groups in total. The van der Waals surface area contributed by atoms with Crippen LogP contribution in [-0.2, 0) is 0 Å². The van der Waals surface area contributed by atoms with Crippen LogP contribution in [0.2, 0.25) is 0 Å². The first-order valence-electron chi connectivity index (χ1n) is 6.41. The Hall–Kier alpha value is -2.69. The van der Waals surface area contributed by atoms with E-state index in [9.17, 15) is 14.0 Å². The second-order valence-corrected chi connectivity index (χ2v) is 4.71. The van der Waals surface area contributed by atoms with Crippen molar-refractivity contribution in [2.24, 2.45) is 0 Å². The van der Waals surface area contributed by atoms with E-state index in [1.54, 1.807) is 19.1 Å². The molecule has 0 aromatic heterocycles. The van der Waals surface area contributed by atoms with E-state index < -0.39 is 17.6 Å².